The van der Waals surface area contributed by atoms with Crippen LogP contribution in [0.5, 0.6) is 0 Å². The van der Waals surface area contributed by atoms with Crippen LogP contribution in [0.4, 0.5) is 23.4 Å². The van der Waals surface area contributed by atoms with E-state index in [1.165, 1.54) is 21.4 Å². The first-order chi connectivity index (χ1) is 26.3. The zero-order chi connectivity index (χ0) is 38.6. The lowest BCUT2D eigenvalue weighted by atomic mass is 9.83. The zero-order valence-corrected chi connectivity index (χ0v) is 29.9. The van der Waals surface area contributed by atoms with Gasteiger partial charge in [0.1, 0.15) is 34.9 Å². The lowest BCUT2D eigenvalue weighted by molar-refractivity contribution is -0.141. The van der Waals surface area contributed by atoms with Crippen LogP contribution in [0, 0.1) is 5.92 Å². The number of anilines is 1. The number of nitrogens with one attached hydrogen (secondary N) is 2. The number of rotatable bonds is 7. The molecule has 55 heavy (non-hydrogen) atoms. The van der Waals surface area contributed by atoms with Crippen molar-refractivity contribution in [2.24, 2.45) is 13.0 Å². The molecule has 0 radical (unpaired) electrons. The monoisotopic (exact) mass is 761 g/mol. The first-order valence-corrected chi connectivity index (χ1v) is 18.4. The minimum atomic E-state index is -4.67. The highest BCUT2D eigenvalue weighted by Crippen LogP contribution is 2.38. The number of benzene rings is 1. The van der Waals surface area contributed by atoms with E-state index in [1.54, 1.807) is 25.2 Å². The summed E-state index contributed by atoms with van der Waals surface area (Å²) >= 11 is 0. The van der Waals surface area contributed by atoms with Gasteiger partial charge < -0.3 is 10.2 Å². The molecular formula is C38H39F4N9O4. The maximum atomic E-state index is 16.1. The number of amides is 3. The molecule has 3 fully saturated rings. The van der Waals surface area contributed by atoms with Gasteiger partial charge in [0, 0.05) is 44.1 Å². The number of nitrogens with zero attached hydrogens (tertiary/aromatic N) is 7. The number of pyridine rings is 2. The molecule has 17 heteroatoms. The average molecular weight is 762 g/mol. The molecule has 1 aliphatic carbocycles. The average Bonchev–Trinajstić information content (AvgIpc) is 3.69. The number of para-hydroxylation sites is 1. The highest BCUT2D eigenvalue weighted by molar-refractivity contribution is 6.03. The van der Waals surface area contributed by atoms with E-state index in [1.807, 2.05) is 16.9 Å². The molecule has 2 saturated heterocycles. The quantitative estimate of drug-likeness (QED) is 0.168. The van der Waals surface area contributed by atoms with Crippen LogP contribution in [-0.4, -0.2) is 77.3 Å². The molecular weight excluding hydrogens is 722 g/mol. The topological polar surface area (TPSA) is 149 Å². The fraction of sp³-hybridized carbons (Fsp3) is 0.447. The van der Waals surface area contributed by atoms with E-state index >= 15 is 4.39 Å². The fourth-order valence-electron chi connectivity index (χ4n) is 8.54. The predicted octanol–water partition coefficient (Wildman–Crippen LogP) is 5.29. The Hall–Kier alpha value is -5.45. The molecule has 1 unspecified atom stereocenters. The van der Waals surface area contributed by atoms with Crippen molar-refractivity contribution in [2.75, 3.05) is 25.0 Å². The molecule has 5 aromatic rings. The summed E-state index contributed by atoms with van der Waals surface area (Å²) in [7, 11) is 1.64. The fourth-order valence-corrected chi connectivity index (χ4v) is 8.54. The molecule has 8 rings (SSSR count). The standard InChI is InChI=1S/C38H39F4N9O4/c1-48-34-25(4-2-6-29(34)51(37(48)55)30-12-13-33(52)46-36(30)54)24-14-15-49(20-26(24)39)18-21-8-10-23(11-9-21)50-19-22-16-32(43-17-28(22)47-50)45-35(53)27-5-3-7-31(44-27)38(40,41)42/h2-7,16-17,19,21,23-24,26,30H,8-15,18,20H2,1H3,(H,45,53)(H,46,52,54)/t21-,23-,24-,26+,30?/m1/s1. The van der Waals surface area contributed by atoms with Gasteiger partial charge in [-0.15, -0.1) is 0 Å². The maximum Gasteiger partial charge on any atom is 0.433 e. The number of fused-ring (bicyclic) bond motifs is 2. The molecule has 3 aliphatic rings. The van der Waals surface area contributed by atoms with Gasteiger partial charge in [-0.25, -0.2) is 19.2 Å². The van der Waals surface area contributed by atoms with Gasteiger partial charge in [-0.2, -0.15) is 18.3 Å². The number of piperidine rings is 2. The van der Waals surface area contributed by atoms with Crippen LogP contribution in [0.15, 0.2) is 59.7 Å². The summed E-state index contributed by atoms with van der Waals surface area (Å²) in [6.07, 6.45) is 2.18. The van der Waals surface area contributed by atoms with Crippen molar-refractivity contribution in [1.82, 2.24) is 39.1 Å². The van der Waals surface area contributed by atoms with Crippen molar-refractivity contribution in [2.45, 2.75) is 75.3 Å². The third-order valence-electron chi connectivity index (χ3n) is 11.3. The third kappa shape index (κ3) is 7.12. The van der Waals surface area contributed by atoms with Crippen LogP contribution in [0.25, 0.3) is 21.9 Å². The first kappa shape index (κ1) is 36.5. The Morgan fingerprint density at radius 1 is 1.02 bits per heavy atom. The van der Waals surface area contributed by atoms with E-state index in [0.29, 0.717) is 35.4 Å². The van der Waals surface area contributed by atoms with E-state index in [4.69, 9.17) is 5.10 Å². The van der Waals surface area contributed by atoms with Crippen LogP contribution in [0.2, 0.25) is 0 Å². The number of carbonyl (C=O) groups is 3. The van der Waals surface area contributed by atoms with Gasteiger partial charge in [-0.1, -0.05) is 18.2 Å². The summed E-state index contributed by atoms with van der Waals surface area (Å²) in [6.45, 7) is 1.77. The van der Waals surface area contributed by atoms with Crippen LogP contribution >= 0.6 is 0 Å². The van der Waals surface area contributed by atoms with Gasteiger partial charge in [0.2, 0.25) is 11.8 Å². The number of imidazole rings is 1. The van der Waals surface area contributed by atoms with E-state index in [0.717, 1.165) is 55.3 Å². The minimum Gasteiger partial charge on any atom is -0.305 e. The predicted molar refractivity (Wildman–Crippen MR) is 193 cm³/mol. The third-order valence-corrected chi connectivity index (χ3v) is 11.3. The number of hydrogen-bond acceptors (Lipinski definition) is 8. The number of carbonyl (C=O) groups excluding carboxylic acids is 3. The zero-order valence-electron chi connectivity index (χ0n) is 29.9. The summed E-state index contributed by atoms with van der Waals surface area (Å²) in [6, 6.07) is 9.54. The molecule has 6 heterocycles. The van der Waals surface area contributed by atoms with Crippen molar-refractivity contribution in [3.63, 3.8) is 0 Å². The molecule has 2 aliphatic heterocycles. The molecule has 3 amide bonds. The second-order valence-electron chi connectivity index (χ2n) is 14.8. The normalized spacial score (nSPS) is 24.0. The minimum absolute atomic E-state index is 0.143. The second kappa shape index (κ2) is 14.3. The Morgan fingerprint density at radius 3 is 2.55 bits per heavy atom. The number of aryl methyl sites for hydroxylation is 1. The Morgan fingerprint density at radius 2 is 1.80 bits per heavy atom. The number of alkyl halides is 4. The number of halogens is 4. The van der Waals surface area contributed by atoms with Gasteiger partial charge in [0.05, 0.1) is 23.3 Å². The van der Waals surface area contributed by atoms with Crippen LogP contribution < -0.4 is 16.3 Å². The van der Waals surface area contributed by atoms with Gasteiger partial charge >= 0.3 is 11.9 Å². The molecule has 3 atom stereocenters. The Bertz CT molecular complexity index is 2360. The summed E-state index contributed by atoms with van der Waals surface area (Å²) in [4.78, 5) is 60.3. The first-order valence-electron chi connectivity index (χ1n) is 18.4. The second-order valence-corrected chi connectivity index (χ2v) is 14.8. The summed E-state index contributed by atoms with van der Waals surface area (Å²) in [5.74, 6) is -1.52. The highest BCUT2D eigenvalue weighted by Gasteiger charge is 2.37. The van der Waals surface area contributed by atoms with Crippen LogP contribution in [0.1, 0.15) is 84.7 Å². The van der Waals surface area contributed by atoms with Gasteiger partial charge in [-0.05, 0) is 80.8 Å². The molecule has 0 spiro atoms. The Balaban J connectivity index is 0.872. The van der Waals surface area contributed by atoms with Gasteiger partial charge in [0.25, 0.3) is 5.91 Å². The molecule has 1 saturated carbocycles. The van der Waals surface area contributed by atoms with Crippen molar-refractivity contribution >= 4 is 45.5 Å². The van der Waals surface area contributed by atoms with E-state index in [9.17, 15) is 32.3 Å². The number of likely N-dealkylation sites (tertiary alicyclic amines) is 1. The van der Waals surface area contributed by atoms with Gasteiger partial charge in [-0.3, -0.25) is 33.5 Å². The van der Waals surface area contributed by atoms with Crippen molar-refractivity contribution in [1.29, 1.82) is 0 Å². The van der Waals surface area contributed by atoms with Crippen molar-refractivity contribution in [3.8, 4) is 0 Å². The summed E-state index contributed by atoms with van der Waals surface area (Å²) < 4.78 is 60.1. The molecule has 2 N–H and O–H groups in total. The highest BCUT2D eigenvalue weighted by atomic mass is 19.4. The summed E-state index contributed by atoms with van der Waals surface area (Å²) in [5, 5.41) is 10.3. The maximum absolute atomic E-state index is 16.1. The number of aromatic nitrogens is 6. The molecule has 288 valence electrons. The van der Waals surface area contributed by atoms with E-state index < -0.39 is 41.8 Å². The molecule has 4 aromatic heterocycles. The lowest BCUT2D eigenvalue weighted by Gasteiger charge is -2.38. The largest absolute Gasteiger partial charge is 0.433 e. The SMILES string of the molecule is Cn1c(=O)n(C2CCC(=O)NC2=O)c2cccc([C@H]3CCN(C[C@H]4CC[C@H](n5cc6cc(NC(=O)c7cccc(C(F)(F)F)n7)ncc6n5)CC4)C[C@@H]3F)c21. The van der Waals surface area contributed by atoms with Gasteiger partial charge in [0.15, 0.2) is 0 Å². The number of imide groups is 1. The number of hydrogen-bond donors (Lipinski definition) is 2. The molecule has 13 nitrogen and oxygen atoms in total. The lowest BCUT2D eigenvalue weighted by Crippen LogP contribution is -2.44. The summed E-state index contributed by atoms with van der Waals surface area (Å²) in [5.41, 5.74) is 0.650. The Kier molecular flexibility index (Phi) is 9.51. The van der Waals surface area contributed by atoms with Crippen molar-refractivity contribution in [3.05, 3.63) is 82.3 Å². The molecule has 0 bridgehead atoms. The van der Waals surface area contributed by atoms with Crippen molar-refractivity contribution < 1.29 is 31.9 Å². The molecule has 1 aromatic carbocycles. The van der Waals surface area contributed by atoms with Crippen LogP contribution in [0.3, 0.4) is 0 Å². The Labute approximate surface area is 311 Å². The van der Waals surface area contributed by atoms with Crippen LogP contribution in [-0.2, 0) is 22.8 Å². The smallest absolute Gasteiger partial charge is 0.305 e. The van der Waals surface area contributed by atoms with E-state index in [2.05, 4.69) is 25.5 Å². The van der Waals surface area contributed by atoms with E-state index in [-0.39, 0.29) is 48.5 Å².